The van der Waals surface area contributed by atoms with Crippen LogP contribution in [0.15, 0.2) is 0 Å². The van der Waals surface area contributed by atoms with Gasteiger partial charge < -0.3 is 15.1 Å². The summed E-state index contributed by atoms with van der Waals surface area (Å²) in [6, 6.07) is -0.850. The van der Waals surface area contributed by atoms with Gasteiger partial charge in [-0.25, -0.2) is 4.79 Å². The topological polar surface area (TPSA) is 77.8 Å². The van der Waals surface area contributed by atoms with Gasteiger partial charge in [-0.1, -0.05) is 0 Å². The van der Waals surface area contributed by atoms with Crippen LogP contribution in [-0.2, 0) is 9.59 Å². The molecule has 1 heterocycles. The van der Waals surface area contributed by atoms with Gasteiger partial charge in [-0.05, 0) is 12.8 Å². The van der Waals surface area contributed by atoms with Gasteiger partial charge in [0, 0.05) is 6.92 Å². The summed E-state index contributed by atoms with van der Waals surface area (Å²) in [5.41, 5.74) is 0. The molecule has 0 aromatic heterocycles. The Morgan fingerprint density at radius 2 is 2.00 bits per heavy atom. The molecule has 1 fully saturated rings. The molecule has 1 amide bonds. The minimum absolute atomic E-state index is 0.329. The van der Waals surface area contributed by atoms with Gasteiger partial charge in [0.05, 0.1) is 0 Å². The second-order valence-electron chi connectivity index (χ2n) is 2.84. The van der Waals surface area contributed by atoms with Gasteiger partial charge in [-0.3, -0.25) is 4.79 Å². The molecule has 0 aromatic carbocycles. The fourth-order valence-electron chi connectivity index (χ4n) is 1.46. The molecular formula is C7H11NO4. The fraction of sp³-hybridized carbons (Fsp3) is 0.714. The summed E-state index contributed by atoms with van der Waals surface area (Å²) in [6.45, 7) is 1.25. The van der Waals surface area contributed by atoms with Gasteiger partial charge in [0.15, 0.2) is 0 Å². The molecule has 0 bridgehead atoms. The maximum absolute atomic E-state index is 10.9. The number of carboxylic acids is 1. The lowest BCUT2D eigenvalue weighted by Gasteiger charge is -2.22. The third-order valence-corrected chi connectivity index (χ3v) is 2.00. The third-order valence-electron chi connectivity index (χ3n) is 2.00. The highest BCUT2D eigenvalue weighted by Crippen LogP contribution is 2.22. The van der Waals surface area contributed by atoms with Gasteiger partial charge in [0.1, 0.15) is 12.3 Å². The van der Waals surface area contributed by atoms with Crippen LogP contribution >= 0.6 is 0 Å². The van der Waals surface area contributed by atoms with E-state index in [4.69, 9.17) is 5.11 Å². The molecule has 0 saturated carbocycles. The highest BCUT2D eigenvalue weighted by Gasteiger charge is 2.38. The number of likely N-dealkylation sites (tertiary alicyclic amines) is 1. The first-order chi connectivity index (χ1) is 5.54. The van der Waals surface area contributed by atoms with Crippen molar-refractivity contribution in [2.45, 2.75) is 32.0 Å². The number of hydrogen-bond donors (Lipinski definition) is 2. The number of amides is 1. The van der Waals surface area contributed by atoms with E-state index in [2.05, 4.69) is 0 Å². The Bertz CT molecular complexity index is 215. The van der Waals surface area contributed by atoms with Gasteiger partial charge in [-0.2, -0.15) is 0 Å². The van der Waals surface area contributed by atoms with Crippen LogP contribution in [0.1, 0.15) is 19.8 Å². The van der Waals surface area contributed by atoms with Gasteiger partial charge in [-0.15, -0.1) is 0 Å². The van der Waals surface area contributed by atoms with Crippen molar-refractivity contribution in [3.8, 4) is 0 Å². The van der Waals surface area contributed by atoms with Gasteiger partial charge in [0.25, 0.3) is 0 Å². The first-order valence-corrected chi connectivity index (χ1v) is 3.74. The Kier molecular flexibility index (Phi) is 2.32. The van der Waals surface area contributed by atoms with Crippen molar-refractivity contribution in [3.63, 3.8) is 0 Å². The quantitative estimate of drug-likeness (QED) is 0.555. The number of carbonyl (C=O) groups excluding carboxylic acids is 1. The van der Waals surface area contributed by atoms with Crippen molar-refractivity contribution in [3.05, 3.63) is 0 Å². The molecule has 0 aliphatic carbocycles. The lowest BCUT2D eigenvalue weighted by Crippen LogP contribution is -2.43. The number of aliphatic hydroxyl groups is 1. The number of aliphatic carboxylic acids is 1. The Morgan fingerprint density at radius 3 is 2.33 bits per heavy atom. The van der Waals surface area contributed by atoms with E-state index in [1.165, 1.54) is 6.92 Å². The summed E-state index contributed by atoms with van der Waals surface area (Å²) < 4.78 is 0. The zero-order chi connectivity index (χ0) is 9.30. The molecule has 0 unspecified atom stereocenters. The highest BCUT2D eigenvalue weighted by atomic mass is 16.4. The van der Waals surface area contributed by atoms with Crippen molar-refractivity contribution < 1.29 is 19.8 Å². The zero-order valence-electron chi connectivity index (χ0n) is 6.73. The van der Waals surface area contributed by atoms with Gasteiger partial charge >= 0.3 is 5.97 Å². The van der Waals surface area contributed by atoms with Crippen molar-refractivity contribution in [1.29, 1.82) is 0 Å². The predicted molar refractivity (Wildman–Crippen MR) is 39.2 cm³/mol. The molecule has 1 aliphatic rings. The van der Waals surface area contributed by atoms with Crippen LogP contribution in [-0.4, -0.2) is 39.3 Å². The molecule has 0 radical (unpaired) electrons. The average molecular weight is 173 g/mol. The maximum atomic E-state index is 10.9. The van der Waals surface area contributed by atoms with E-state index in [9.17, 15) is 14.7 Å². The number of carbonyl (C=O) groups is 2. The summed E-state index contributed by atoms with van der Waals surface area (Å²) in [5.74, 6) is -1.45. The van der Waals surface area contributed by atoms with Crippen molar-refractivity contribution in [2.75, 3.05) is 0 Å². The number of carboxylic acid groups (broad SMARTS) is 1. The summed E-state index contributed by atoms with van der Waals surface area (Å²) in [4.78, 5) is 22.4. The van der Waals surface area contributed by atoms with E-state index >= 15 is 0 Å². The largest absolute Gasteiger partial charge is 0.480 e. The predicted octanol–water partition coefficient (Wildman–Crippen LogP) is -0.600. The fourth-order valence-corrected chi connectivity index (χ4v) is 1.46. The number of rotatable bonds is 1. The number of hydrogen-bond acceptors (Lipinski definition) is 3. The molecule has 1 rings (SSSR count). The van der Waals surface area contributed by atoms with E-state index in [1.54, 1.807) is 0 Å². The smallest absolute Gasteiger partial charge is 0.326 e. The van der Waals surface area contributed by atoms with E-state index in [0.717, 1.165) is 4.90 Å². The first kappa shape index (κ1) is 8.99. The summed E-state index contributed by atoms with van der Waals surface area (Å²) >= 11 is 0. The second kappa shape index (κ2) is 3.10. The van der Waals surface area contributed by atoms with E-state index < -0.39 is 24.1 Å². The lowest BCUT2D eigenvalue weighted by atomic mass is 10.2. The normalized spacial score (nSPS) is 29.0. The van der Waals surface area contributed by atoms with E-state index in [-0.39, 0.29) is 0 Å². The van der Waals surface area contributed by atoms with Crippen LogP contribution in [0.5, 0.6) is 0 Å². The molecule has 2 atom stereocenters. The number of nitrogens with zero attached hydrogens (tertiary/aromatic N) is 1. The monoisotopic (exact) mass is 173 g/mol. The summed E-state index contributed by atoms with van der Waals surface area (Å²) in [7, 11) is 0. The SMILES string of the molecule is CC(=O)N1[C@@H](O)CC[C@H]1C(=O)O. The van der Waals surface area contributed by atoms with Crippen LogP contribution in [0.25, 0.3) is 0 Å². The molecule has 1 saturated heterocycles. The minimum Gasteiger partial charge on any atom is -0.480 e. The van der Waals surface area contributed by atoms with Crippen LogP contribution < -0.4 is 0 Å². The Hall–Kier alpha value is -1.10. The highest BCUT2D eigenvalue weighted by molar-refractivity contribution is 5.83. The third kappa shape index (κ3) is 1.40. The van der Waals surface area contributed by atoms with E-state index in [1.807, 2.05) is 0 Å². The van der Waals surface area contributed by atoms with Crippen molar-refractivity contribution in [1.82, 2.24) is 4.90 Å². The molecule has 12 heavy (non-hydrogen) atoms. The zero-order valence-corrected chi connectivity index (χ0v) is 6.73. The summed E-state index contributed by atoms with van der Waals surface area (Å²) in [5, 5.41) is 17.9. The van der Waals surface area contributed by atoms with Crippen LogP contribution in [0.2, 0.25) is 0 Å². The molecular weight excluding hydrogens is 162 g/mol. The lowest BCUT2D eigenvalue weighted by molar-refractivity contribution is -0.153. The molecule has 5 nitrogen and oxygen atoms in total. The Balaban J connectivity index is 2.77. The Morgan fingerprint density at radius 1 is 1.42 bits per heavy atom. The Labute approximate surface area is 69.6 Å². The number of aliphatic hydroxyl groups excluding tert-OH is 1. The molecule has 0 aromatic rings. The molecule has 2 N–H and O–H groups in total. The molecule has 5 heteroatoms. The average Bonchev–Trinajstić information content (AvgIpc) is 2.30. The minimum atomic E-state index is -1.05. The first-order valence-electron chi connectivity index (χ1n) is 3.74. The van der Waals surface area contributed by atoms with Crippen molar-refractivity contribution >= 4 is 11.9 Å². The van der Waals surface area contributed by atoms with Crippen LogP contribution in [0.4, 0.5) is 0 Å². The van der Waals surface area contributed by atoms with Crippen molar-refractivity contribution in [2.24, 2.45) is 0 Å². The van der Waals surface area contributed by atoms with Crippen LogP contribution in [0.3, 0.4) is 0 Å². The van der Waals surface area contributed by atoms with Crippen LogP contribution in [0, 0.1) is 0 Å². The standard InChI is InChI=1S/C7H11NO4/c1-4(9)8-5(7(11)12)2-3-6(8)10/h5-6,10H,2-3H2,1H3,(H,11,12)/t5-,6-/m0/s1. The molecule has 1 aliphatic heterocycles. The molecule has 0 spiro atoms. The second-order valence-corrected chi connectivity index (χ2v) is 2.84. The summed E-state index contributed by atoms with van der Waals surface area (Å²) in [6.07, 6.45) is -0.254. The maximum Gasteiger partial charge on any atom is 0.326 e. The molecule has 68 valence electrons. The van der Waals surface area contributed by atoms with E-state index in [0.29, 0.717) is 12.8 Å². The van der Waals surface area contributed by atoms with Gasteiger partial charge in [0.2, 0.25) is 5.91 Å².